The molecule has 0 bridgehead atoms. The van der Waals surface area contributed by atoms with E-state index in [0.717, 1.165) is 5.69 Å². The molecule has 0 unspecified atom stereocenters. The number of rotatable bonds is 3. The zero-order valence-electron chi connectivity index (χ0n) is 12.0. The summed E-state index contributed by atoms with van der Waals surface area (Å²) in [4.78, 5) is 24.9. The van der Waals surface area contributed by atoms with Crippen molar-refractivity contribution in [2.45, 2.75) is 6.92 Å². The number of amides is 2. The van der Waals surface area contributed by atoms with E-state index in [-0.39, 0.29) is 11.8 Å². The van der Waals surface area contributed by atoms with E-state index in [1.165, 1.54) is 11.8 Å². The van der Waals surface area contributed by atoms with E-state index >= 15 is 0 Å². The van der Waals surface area contributed by atoms with E-state index in [0.29, 0.717) is 16.9 Å². The van der Waals surface area contributed by atoms with Gasteiger partial charge in [0, 0.05) is 36.6 Å². The Morgan fingerprint density at radius 1 is 1.10 bits per heavy atom. The monoisotopic (exact) mass is 283 g/mol. The molecule has 0 aliphatic carbocycles. The van der Waals surface area contributed by atoms with Crippen LogP contribution >= 0.6 is 0 Å². The van der Waals surface area contributed by atoms with E-state index in [1.807, 2.05) is 0 Å². The van der Waals surface area contributed by atoms with Gasteiger partial charge in [-0.15, -0.1) is 0 Å². The highest BCUT2D eigenvalue weighted by atomic mass is 16.2. The summed E-state index contributed by atoms with van der Waals surface area (Å²) in [5.41, 5.74) is 8.12. The normalized spacial score (nSPS) is 10.0. The van der Waals surface area contributed by atoms with E-state index in [1.54, 1.807) is 55.6 Å². The van der Waals surface area contributed by atoms with Gasteiger partial charge in [-0.1, -0.05) is 6.07 Å². The Morgan fingerprint density at radius 2 is 1.76 bits per heavy atom. The molecule has 0 saturated heterocycles. The third kappa shape index (κ3) is 3.60. The second-order valence-corrected chi connectivity index (χ2v) is 4.70. The van der Waals surface area contributed by atoms with Gasteiger partial charge < -0.3 is 16.0 Å². The standard InChI is InChI=1S/C16H17N3O2/c1-11(20)19(2)15-8-6-14(7-9-15)18-16(21)12-4-3-5-13(17)10-12/h3-10H,17H2,1-2H3,(H,18,21). The zero-order chi connectivity index (χ0) is 15.4. The van der Waals surface area contributed by atoms with Gasteiger partial charge in [0.15, 0.2) is 0 Å². The summed E-state index contributed by atoms with van der Waals surface area (Å²) >= 11 is 0. The molecular weight excluding hydrogens is 266 g/mol. The minimum atomic E-state index is -0.227. The largest absolute Gasteiger partial charge is 0.399 e. The molecule has 0 heterocycles. The van der Waals surface area contributed by atoms with Gasteiger partial charge >= 0.3 is 0 Å². The highest BCUT2D eigenvalue weighted by Gasteiger charge is 2.08. The Labute approximate surface area is 123 Å². The molecule has 5 heteroatoms. The molecule has 0 aliphatic rings. The fourth-order valence-corrected chi connectivity index (χ4v) is 1.83. The summed E-state index contributed by atoms with van der Waals surface area (Å²) in [7, 11) is 1.70. The SMILES string of the molecule is CC(=O)N(C)c1ccc(NC(=O)c2cccc(N)c2)cc1. The van der Waals surface area contributed by atoms with Crippen molar-refractivity contribution in [2.75, 3.05) is 23.0 Å². The number of nitrogen functional groups attached to an aromatic ring is 1. The lowest BCUT2D eigenvalue weighted by atomic mass is 10.2. The van der Waals surface area contributed by atoms with Crippen molar-refractivity contribution in [3.63, 3.8) is 0 Å². The Hall–Kier alpha value is -2.82. The highest BCUT2D eigenvalue weighted by molar-refractivity contribution is 6.04. The predicted octanol–water partition coefficient (Wildman–Crippen LogP) is 2.50. The van der Waals surface area contributed by atoms with E-state index in [4.69, 9.17) is 5.73 Å². The first-order valence-corrected chi connectivity index (χ1v) is 6.48. The zero-order valence-corrected chi connectivity index (χ0v) is 12.0. The van der Waals surface area contributed by atoms with Crippen LogP contribution in [0.1, 0.15) is 17.3 Å². The maximum absolute atomic E-state index is 12.1. The second-order valence-electron chi connectivity index (χ2n) is 4.70. The average molecular weight is 283 g/mol. The number of nitrogens with one attached hydrogen (secondary N) is 1. The summed E-state index contributed by atoms with van der Waals surface area (Å²) in [5, 5.41) is 2.78. The topological polar surface area (TPSA) is 75.4 Å². The summed E-state index contributed by atoms with van der Waals surface area (Å²) in [6.45, 7) is 1.50. The number of anilines is 3. The molecule has 0 radical (unpaired) electrons. The quantitative estimate of drug-likeness (QED) is 0.850. The smallest absolute Gasteiger partial charge is 0.255 e. The Morgan fingerprint density at radius 3 is 2.33 bits per heavy atom. The number of carbonyl (C=O) groups is 2. The van der Waals surface area contributed by atoms with Gasteiger partial charge in [0.05, 0.1) is 0 Å². The van der Waals surface area contributed by atoms with Crippen LogP contribution in [0.25, 0.3) is 0 Å². The minimum Gasteiger partial charge on any atom is -0.399 e. The van der Waals surface area contributed by atoms with Crippen LogP contribution in [0.15, 0.2) is 48.5 Å². The summed E-state index contributed by atoms with van der Waals surface area (Å²) in [5.74, 6) is -0.276. The van der Waals surface area contributed by atoms with Crippen LogP contribution in [0.3, 0.4) is 0 Å². The summed E-state index contributed by atoms with van der Waals surface area (Å²) in [6, 6.07) is 13.8. The Balaban J connectivity index is 2.10. The van der Waals surface area contributed by atoms with Crippen LogP contribution in [0.5, 0.6) is 0 Å². The predicted molar refractivity (Wildman–Crippen MR) is 84.3 cm³/mol. The third-order valence-corrected chi connectivity index (χ3v) is 3.13. The van der Waals surface area contributed by atoms with Crippen molar-refractivity contribution in [3.05, 3.63) is 54.1 Å². The lowest BCUT2D eigenvalue weighted by Crippen LogP contribution is -2.22. The lowest BCUT2D eigenvalue weighted by Gasteiger charge is -2.15. The van der Waals surface area contributed by atoms with Crippen molar-refractivity contribution in [1.29, 1.82) is 0 Å². The molecule has 3 N–H and O–H groups in total. The fraction of sp³-hybridized carbons (Fsp3) is 0.125. The molecule has 0 atom stereocenters. The summed E-state index contributed by atoms with van der Waals surface area (Å²) < 4.78 is 0. The molecule has 0 saturated carbocycles. The first-order chi connectivity index (χ1) is 9.97. The molecule has 2 aromatic carbocycles. The van der Waals surface area contributed by atoms with Gasteiger partial charge in [-0.05, 0) is 42.5 Å². The number of nitrogens with zero attached hydrogens (tertiary/aromatic N) is 1. The molecule has 0 spiro atoms. The van der Waals surface area contributed by atoms with Gasteiger partial charge in [-0.25, -0.2) is 0 Å². The van der Waals surface area contributed by atoms with Crippen LogP contribution in [0.2, 0.25) is 0 Å². The van der Waals surface area contributed by atoms with Gasteiger partial charge in [0.25, 0.3) is 5.91 Å². The molecule has 2 amide bonds. The number of carbonyl (C=O) groups excluding carboxylic acids is 2. The highest BCUT2D eigenvalue weighted by Crippen LogP contribution is 2.18. The molecule has 0 fully saturated rings. The number of nitrogens with two attached hydrogens (primary N) is 1. The minimum absolute atomic E-state index is 0.0495. The Bertz CT molecular complexity index is 665. The molecule has 0 aliphatic heterocycles. The third-order valence-electron chi connectivity index (χ3n) is 3.13. The van der Waals surface area contributed by atoms with Crippen molar-refractivity contribution in [1.82, 2.24) is 0 Å². The van der Waals surface area contributed by atoms with Crippen LogP contribution < -0.4 is 16.0 Å². The first kappa shape index (κ1) is 14.6. The van der Waals surface area contributed by atoms with Crippen molar-refractivity contribution < 1.29 is 9.59 Å². The molecule has 21 heavy (non-hydrogen) atoms. The van der Waals surface area contributed by atoms with Crippen LogP contribution in [-0.4, -0.2) is 18.9 Å². The number of hydrogen-bond acceptors (Lipinski definition) is 3. The van der Waals surface area contributed by atoms with E-state index in [2.05, 4.69) is 5.32 Å². The lowest BCUT2D eigenvalue weighted by molar-refractivity contribution is -0.116. The second kappa shape index (κ2) is 6.09. The average Bonchev–Trinajstić information content (AvgIpc) is 2.47. The molecule has 108 valence electrons. The van der Waals surface area contributed by atoms with Gasteiger partial charge in [0.1, 0.15) is 0 Å². The maximum atomic E-state index is 12.1. The van der Waals surface area contributed by atoms with Crippen LogP contribution in [0, 0.1) is 0 Å². The fourth-order valence-electron chi connectivity index (χ4n) is 1.83. The maximum Gasteiger partial charge on any atom is 0.255 e. The van der Waals surface area contributed by atoms with Gasteiger partial charge in [0.2, 0.25) is 5.91 Å². The van der Waals surface area contributed by atoms with Gasteiger partial charge in [-0.2, -0.15) is 0 Å². The van der Waals surface area contributed by atoms with E-state index in [9.17, 15) is 9.59 Å². The molecular formula is C16H17N3O2. The van der Waals surface area contributed by atoms with Gasteiger partial charge in [-0.3, -0.25) is 9.59 Å². The molecule has 2 rings (SSSR count). The van der Waals surface area contributed by atoms with E-state index < -0.39 is 0 Å². The molecule has 0 aromatic heterocycles. The van der Waals surface area contributed by atoms with Crippen molar-refractivity contribution in [2.24, 2.45) is 0 Å². The number of benzene rings is 2. The number of hydrogen-bond donors (Lipinski definition) is 2. The first-order valence-electron chi connectivity index (χ1n) is 6.48. The summed E-state index contributed by atoms with van der Waals surface area (Å²) in [6.07, 6.45) is 0. The molecule has 2 aromatic rings. The van der Waals surface area contributed by atoms with Crippen molar-refractivity contribution in [3.8, 4) is 0 Å². The van der Waals surface area contributed by atoms with Crippen LogP contribution in [-0.2, 0) is 4.79 Å². The van der Waals surface area contributed by atoms with Crippen LogP contribution in [0.4, 0.5) is 17.1 Å². The molecule has 5 nitrogen and oxygen atoms in total. The Kier molecular flexibility index (Phi) is 4.23. The van der Waals surface area contributed by atoms with Crippen molar-refractivity contribution >= 4 is 28.9 Å².